The summed E-state index contributed by atoms with van der Waals surface area (Å²) in [6, 6.07) is 19.7. The molecule has 3 aromatic carbocycles. The molecule has 0 saturated heterocycles. The Morgan fingerprint density at radius 3 is 2.12 bits per heavy atom. The fourth-order valence-corrected chi connectivity index (χ4v) is 6.15. The van der Waals surface area contributed by atoms with Crippen LogP contribution in [0.1, 0.15) is 65.9 Å². The minimum atomic E-state index is -0.729. The summed E-state index contributed by atoms with van der Waals surface area (Å²) in [5.74, 6) is -0.772. The molecule has 40 heavy (non-hydrogen) atoms. The number of hydrogen-bond acceptors (Lipinski definition) is 7. The standard InChI is InChI=1S/C32H27N3O5/c1-18(27-30(37)21-8-4-5-9-22(21)31(27)38)34-25-11-7-6-10-23(25)33-24-16-32(2,3)17-26(36)28(24)29(34)19-12-14-20(15-13-19)35(39)40/h4-15,29,33H,16-17H2,1-3H3. The number of hydrogen-bond donors (Lipinski definition) is 1. The Morgan fingerprint density at radius 2 is 1.50 bits per heavy atom. The number of carbonyl (C=O) groups excluding carboxylic acids is 3. The van der Waals surface area contributed by atoms with Gasteiger partial charge in [0.1, 0.15) is 0 Å². The van der Waals surface area contributed by atoms with Crippen LogP contribution in [0.15, 0.2) is 95.3 Å². The molecule has 1 atom stereocenters. The number of anilines is 2. The van der Waals surface area contributed by atoms with Gasteiger partial charge in [0.15, 0.2) is 17.3 Å². The van der Waals surface area contributed by atoms with Crippen molar-refractivity contribution in [2.24, 2.45) is 5.41 Å². The van der Waals surface area contributed by atoms with Gasteiger partial charge in [-0.3, -0.25) is 24.5 Å². The van der Waals surface area contributed by atoms with E-state index in [4.69, 9.17) is 0 Å². The van der Waals surface area contributed by atoms with Crippen LogP contribution in [0.3, 0.4) is 0 Å². The normalized spacial score (nSPS) is 19.5. The van der Waals surface area contributed by atoms with Gasteiger partial charge < -0.3 is 10.2 Å². The number of nitrogens with one attached hydrogen (secondary N) is 1. The van der Waals surface area contributed by atoms with Crippen molar-refractivity contribution < 1.29 is 19.3 Å². The number of Topliss-reactive ketones (excluding diaryl/α,β-unsaturated/α-hetero) is 3. The van der Waals surface area contributed by atoms with Crippen LogP contribution < -0.4 is 10.2 Å². The van der Waals surface area contributed by atoms with Gasteiger partial charge in [-0.25, -0.2) is 0 Å². The zero-order valence-electron chi connectivity index (χ0n) is 22.4. The third kappa shape index (κ3) is 3.95. The Balaban J connectivity index is 1.65. The average Bonchev–Trinajstić information content (AvgIpc) is 3.07. The van der Waals surface area contributed by atoms with Crippen molar-refractivity contribution in [1.82, 2.24) is 0 Å². The largest absolute Gasteiger partial charge is 0.357 e. The number of fused-ring (bicyclic) bond motifs is 2. The van der Waals surface area contributed by atoms with Crippen molar-refractivity contribution in [3.63, 3.8) is 0 Å². The first-order chi connectivity index (χ1) is 19.1. The molecule has 1 unspecified atom stereocenters. The molecule has 8 heteroatoms. The molecule has 0 bridgehead atoms. The molecule has 1 aliphatic heterocycles. The molecule has 1 N–H and O–H groups in total. The van der Waals surface area contributed by atoms with E-state index in [2.05, 4.69) is 5.32 Å². The third-order valence-corrected chi connectivity index (χ3v) is 7.91. The molecule has 0 spiro atoms. The molecular weight excluding hydrogens is 506 g/mol. The van der Waals surface area contributed by atoms with Crippen LogP contribution in [0.25, 0.3) is 0 Å². The molecule has 0 fully saturated rings. The summed E-state index contributed by atoms with van der Waals surface area (Å²) >= 11 is 0. The lowest BCUT2D eigenvalue weighted by Gasteiger charge is -2.38. The summed E-state index contributed by atoms with van der Waals surface area (Å²) < 4.78 is 0. The van der Waals surface area contributed by atoms with Crippen molar-refractivity contribution in [3.8, 4) is 0 Å². The Labute approximate surface area is 231 Å². The Kier molecular flexibility index (Phi) is 5.80. The van der Waals surface area contributed by atoms with E-state index in [9.17, 15) is 24.5 Å². The number of ketones is 3. The smallest absolute Gasteiger partial charge is 0.269 e. The van der Waals surface area contributed by atoms with Gasteiger partial charge in [0, 0.05) is 46.6 Å². The quantitative estimate of drug-likeness (QED) is 0.176. The van der Waals surface area contributed by atoms with Crippen molar-refractivity contribution in [2.45, 2.75) is 39.7 Å². The highest BCUT2D eigenvalue weighted by atomic mass is 16.6. The summed E-state index contributed by atoms with van der Waals surface area (Å²) in [7, 11) is 0. The van der Waals surface area contributed by atoms with Gasteiger partial charge in [0.05, 0.1) is 27.9 Å². The zero-order chi connectivity index (χ0) is 28.3. The predicted octanol–water partition coefficient (Wildman–Crippen LogP) is 6.56. The lowest BCUT2D eigenvalue weighted by Crippen LogP contribution is -2.36. The monoisotopic (exact) mass is 533 g/mol. The Bertz CT molecular complexity index is 1660. The van der Waals surface area contributed by atoms with Crippen molar-refractivity contribution in [1.29, 1.82) is 0 Å². The number of rotatable bonds is 3. The molecule has 1 heterocycles. The number of nitro benzene ring substituents is 1. The maximum atomic E-state index is 13.9. The van der Waals surface area contributed by atoms with Gasteiger partial charge in [-0.2, -0.15) is 0 Å². The summed E-state index contributed by atoms with van der Waals surface area (Å²) in [5, 5.41) is 14.9. The zero-order valence-corrected chi connectivity index (χ0v) is 22.4. The van der Waals surface area contributed by atoms with E-state index in [1.54, 1.807) is 43.3 Å². The lowest BCUT2D eigenvalue weighted by atomic mass is 9.73. The average molecular weight is 534 g/mol. The predicted molar refractivity (Wildman–Crippen MR) is 151 cm³/mol. The lowest BCUT2D eigenvalue weighted by molar-refractivity contribution is -0.384. The first-order valence-electron chi connectivity index (χ1n) is 13.1. The highest BCUT2D eigenvalue weighted by Crippen LogP contribution is 2.50. The number of nitrogens with zero attached hydrogens (tertiary/aromatic N) is 2. The van der Waals surface area contributed by atoms with Crippen molar-refractivity contribution in [3.05, 3.63) is 122 Å². The molecule has 0 radical (unpaired) electrons. The minimum Gasteiger partial charge on any atom is -0.357 e. The van der Waals surface area contributed by atoms with Crippen LogP contribution in [-0.2, 0) is 4.79 Å². The highest BCUT2D eigenvalue weighted by molar-refractivity contribution is 6.40. The number of non-ortho nitro benzene ring substituents is 1. The second-order valence-electron chi connectivity index (χ2n) is 11.3. The number of carbonyl (C=O) groups is 3. The second-order valence-corrected chi connectivity index (χ2v) is 11.3. The van der Waals surface area contributed by atoms with E-state index in [0.717, 1.165) is 11.4 Å². The van der Waals surface area contributed by atoms with E-state index in [-0.39, 0.29) is 34.0 Å². The molecule has 3 aromatic rings. The molecule has 200 valence electrons. The van der Waals surface area contributed by atoms with Crippen LogP contribution in [0.5, 0.6) is 0 Å². The first kappa shape index (κ1) is 25.4. The van der Waals surface area contributed by atoms with Gasteiger partial charge >= 0.3 is 0 Å². The molecule has 8 nitrogen and oxygen atoms in total. The summed E-state index contributed by atoms with van der Waals surface area (Å²) in [4.78, 5) is 54.0. The Morgan fingerprint density at radius 1 is 0.900 bits per heavy atom. The number of allylic oxidation sites excluding steroid dienone is 3. The van der Waals surface area contributed by atoms with Crippen molar-refractivity contribution >= 4 is 34.4 Å². The van der Waals surface area contributed by atoms with E-state index >= 15 is 0 Å². The third-order valence-electron chi connectivity index (χ3n) is 7.91. The molecule has 0 aromatic heterocycles. The molecular formula is C32H27N3O5. The van der Waals surface area contributed by atoms with E-state index < -0.39 is 11.0 Å². The van der Waals surface area contributed by atoms with Crippen LogP contribution in [0.2, 0.25) is 0 Å². The van der Waals surface area contributed by atoms with Crippen LogP contribution in [0.4, 0.5) is 17.1 Å². The topological polar surface area (TPSA) is 110 Å². The molecule has 0 saturated carbocycles. The van der Waals surface area contributed by atoms with Gasteiger partial charge in [0.25, 0.3) is 5.69 Å². The summed E-state index contributed by atoms with van der Waals surface area (Å²) in [6.07, 6.45) is 0.929. The van der Waals surface area contributed by atoms with Gasteiger partial charge in [-0.15, -0.1) is 0 Å². The number of nitro groups is 1. The van der Waals surface area contributed by atoms with Gasteiger partial charge in [-0.1, -0.05) is 50.2 Å². The molecule has 3 aliphatic rings. The number of benzene rings is 3. The van der Waals surface area contributed by atoms with Gasteiger partial charge in [-0.05, 0) is 48.6 Å². The van der Waals surface area contributed by atoms with E-state index in [1.807, 2.05) is 43.0 Å². The van der Waals surface area contributed by atoms with Crippen LogP contribution in [0, 0.1) is 15.5 Å². The van der Waals surface area contributed by atoms with E-state index in [1.165, 1.54) is 12.1 Å². The summed E-state index contributed by atoms with van der Waals surface area (Å²) in [6.45, 7) is 5.83. The molecule has 0 amide bonds. The Hall–Kier alpha value is -4.85. The number of para-hydroxylation sites is 2. The van der Waals surface area contributed by atoms with Crippen LogP contribution >= 0.6 is 0 Å². The minimum absolute atomic E-state index is 0.0509. The second kappa shape index (κ2) is 9.12. The molecule has 2 aliphatic carbocycles. The maximum Gasteiger partial charge on any atom is 0.269 e. The summed E-state index contributed by atoms with van der Waals surface area (Å²) in [5.41, 5.74) is 4.18. The maximum absolute atomic E-state index is 13.9. The fraction of sp³-hybridized carbons (Fsp3) is 0.219. The van der Waals surface area contributed by atoms with Crippen LogP contribution in [-0.4, -0.2) is 22.3 Å². The van der Waals surface area contributed by atoms with Crippen molar-refractivity contribution in [2.75, 3.05) is 10.2 Å². The fourth-order valence-electron chi connectivity index (χ4n) is 6.15. The highest BCUT2D eigenvalue weighted by Gasteiger charge is 2.44. The molecule has 6 rings (SSSR count). The SMILES string of the molecule is CC(=C1C(=O)c2ccccc2C1=O)N1c2ccccc2NC2=C(C(=O)CC(C)(C)C2)C1c1ccc([N+](=O)[O-])cc1. The first-order valence-corrected chi connectivity index (χ1v) is 13.1. The van der Waals surface area contributed by atoms with Gasteiger partial charge in [0.2, 0.25) is 0 Å². The van der Waals surface area contributed by atoms with E-state index in [0.29, 0.717) is 46.5 Å².